The van der Waals surface area contributed by atoms with Crippen LogP contribution in [0.25, 0.3) is 0 Å². The van der Waals surface area contributed by atoms with E-state index in [9.17, 15) is 9.18 Å². The van der Waals surface area contributed by atoms with Crippen LogP contribution in [-0.4, -0.2) is 67.6 Å². The van der Waals surface area contributed by atoms with Gasteiger partial charge in [-0.05, 0) is 37.0 Å². The maximum Gasteiger partial charge on any atom is 0.251 e. The van der Waals surface area contributed by atoms with Crippen LogP contribution in [0.2, 0.25) is 0 Å². The molecule has 2 heterocycles. The number of aliphatic imine (C=N–C) groups is 1. The van der Waals surface area contributed by atoms with E-state index in [0.717, 1.165) is 37.5 Å². The second-order valence-electron chi connectivity index (χ2n) is 6.80. The second kappa shape index (κ2) is 10.2. The van der Waals surface area contributed by atoms with E-state index in [4.69, 9.17) is 4.74 Å². The summed E-state index contributed by atoms with van der Waals surface area (Å²) in [6.07, 6.45) is 1.54. The minimum Gasteiger partial charge on any atom is -0.368 e. The highest BCUT2D eigenvalue weighted by atomic mass is 127. The van der Waals surface area contributed by atoms with Crippen LogP contribution in [0, 0.1) is 12.7 Å². The molecule has 0 saturated carbocycles. The molecule has 2 aliphatic rings. The molecule has 1 amide bonds. The van der Waals surface area contributed by atoms with E-state index in [2.05, 4.69) is 15.2 Å². The SMILES string of the molecule is CN=C(NCc1ccc(C)c(F)c1)N1CCN(C(=O)C2CCCO2)CC1.I. The lowest BCUT2D eigenvalue weighted by Gasteiger charge is -2.37. The van der Waals surface area contributed by atoms with Crippen molar-refractivity contribution in [3.8, 4) is 0 Å². The topological polar surface area (TPSA) is 57.2 Å². The Kier molecular flexibility index (Phi) is 8.28. The summed E-state index contributed by atoms with van der Waals surface area (Å²) in [5, 5.41) is 3.28. The van der Waals surface area contributed by atoms with Crippen LogP contribution in [0.1, 0.15) is 24.0 Å². The predicted octanol–water partition coefficient (Wildman–Crippen LogP) is 2.15. The first-order valence-electron chi connectivity index (χ1n) is 9.19. The molecule has 3 rings (SSSR count). The van der Waals surface area contributed by atoms with Crippen molar-refractivity contribution < 1.29 is 13.9 Å². The number of carbonyl (C=O) groups excluding carboxylic acids is 1. The van der Waals surface area contributed by atoms with Gasteiger partial charge in [0.05, 0.1) is 0 Å². The first-order valence-corrected chi connectivity index (χ1v) is 9.19. The van der Waals surface area contributed by atoms with Gasteiger partial charge in [-0.25, -0.2) is 4.39 Å². The maximum atomic E-state index is 13.7. The number of guanidine groups is 1. The summed E-state index contributed by atoms with van der Waals surface area (Å²) < 4.78 is 19.2. The van der Waals surface area contributed by atoms with Gasteiger partial charge in [0.1, 0.15) is 11.9 Å². The fourth-order valence-electron chi connectivity index (χ4n) is 3.37. The van der Waals surface area contributed by atoms with Crippen LogP contribution in [0.3, 0.4) is 0 Å². The molecule has 1 N–H and O–H groups in total. The third kappa shape index (κ3) is 5.54. The number of hydrogen-bond donors (Lipinski definition) is 1. The molecule has 0 radical (unpaired) electrons. The lowest BCUT2D eigenvalue weighted by molar-refractivity contribution is -0.142. The van der Waals surface area contributed by atoms with Crippen LogP contribution >= 0.6 is 24.0 Å². The van der Waals surface area contributed by atoms with Gasteiger partial charge in [-0.2, -0.15) is 0 Å². The zero-order valence-corrected chi connectivity index (χ0v) is 18.2. The van der Waals surface area contributed by atoms with E-state index in [1.54, 1.807) is 26.1 Å². The molecule has 27 heavy (non-hydrogen) atoms. The van der Waals surface area contributed by atoms with Crippen molar-refractivity contribution in [2.24, 2.45) is 4.99 Å². The van der Waals surface area contributed by atoms with Crippen molar-refractivity contribution in [2.75, 3.05) is 39.8 Å². The number of ether oxygens (including phenoxy) is 1. The fraction of sp³-hybridized carbons (Fsp3) is 0.579. The number of carbonyl (C=O) groups is 1. The summed E-state index contributed by atoms with van der Waals surface area (Å²) in [7, 11) is 1.74. The Morgan fingerprint density at radius 1 is 1.30 bits per heavy atom. The molecule has 1 aromatic rings. The Morgan fingerprint density at radius 3 is 2.59 bits per heavy atom. The fourth-order valence-corrected chi connectivity index (χ4v) is 3.37. The number of halogens is 2. The smallest absolute Gasteiger partial charge is 0.251 e. The summed E-state index contributed by atoms with van der Waals surface area (Å²) in [5.41, 5.74) is 1.52. The molecular weight excluding hydrogens is 462 g/mol. The molecule has 2 saturated heterocycles. The van der Waals surface area contributed by atoms with Crippen LogP contribution in [0.4, 0.5) is 4.39 Å². The molecule has 1 unspecified atom stereocenters. The molecule has 0 aromatic heterocycles. The van der Waals surface area contributed by atoms with Gasteiger partial charge in [-0.1, -0.05) is 12.1 Å². The average Bonchev–Trinajstić information content (AvgIpc) is 3.20. The Morgan fingerprint density at radius 2 is 2.00 bits per heavy atom. The van der Waals surface area contributed by atoms with E-state index in [1.807, 2.05) is 11.0 Å². The minimum atomic E-state index is -0.254. The number of amides is 1. The normalized spacial score (nSPS) is 20.4. The number of nitrogens with zero attached hydrogens (tertiary/aromatic N) is 3. The average molecular weight is 490 g/mol. The van der Waals surface area contributed by atoms with Crippen LogP contribution in [-0.2, 0) is 16.1 Å². The van der Waals surface area contributed by atoms with E-state index in [0.29, 0.717) is 31.8 Å². The lowest BCUT2D eigenvalue weighted by atomic mass is 10.1. The number of hydrogen-bond acceptors (Lipinski definition) is 3. The number of aryl methyl sites for hydroxylation is 1. The zero-order valence-electron chi connectivity index (χ0n) is 15.9. The summed E-state index contributed by atoms with van der Waals surface area (Å²) in [4.78, 5) is 20.8. The van der Waals surface area contributed by atoms with Crippen LogP contribution < -0.4 is 5.32 Å². The highest BCUT2D eigenvalue weighted by Gasteiger charge is 2.30. The Bertz CT molecular complexity index is 672. The third-order valence-electron chi connectivity index (χ3n) is 4.99. The van der Waals surface area contributed by atoms with Crippen molar-refractivity contribution in [3.05, 3.63) is 35.1 Å². The van der Waals surface area contributed by atoms with Gasteiger partial charge in [-0.3, -0.25) is 9.79 Å². The highest BCUT2D eigenvalue weighted by Crippen LogP contribution is 2.16. The number of benzene rings is 1. The summed E-state index contributed by atoms with van der Waals surface area (Å²) in [6.45, 7) is 5.73. The van der Waals surface area contributed by atoms with Gasteiger partial charge >= 0.3 is 0 Å². The van der Waals surface area contributed by atoms with E-state index >= 15 is 0 Å². The molecule has 6 nitrogen and oxygen atoms in total. The van der Waals surface area contributed by atoms with E-state index < -0.39 is 0 Å². The second-order valence-corrected chi connectivity index (χ2v) is 6.80. The summed E-state index contributed by atoms with van der Waals surface area (Å²) in [5.74, 6) is 0.691. The first-order chi connectivity index (χ1) is 12.6. The standard InChI is InChI=1S/C19H27FN4O2.HI/c1-14-5-6-15(12-16(14)20)13-22-19(21-2)24-9-7-23(8-10-24)18(25)17-4-3-11-26-17;/h5-6,12,17H,3-4,7-11,13H2,1-2H3,(H,21,22);1H. The van der Waals surface area contributed by atoms with Gasteiger partial charge in [0, 0.05) is 46.4 Å². The van der Waals surface area contributed by atoms with Crippen molar-refractivity contribution in [1.29, 1.82) is 0 Å². The molecule has 0 spiro atoms. The van der Waals surface area contributed by atoms with Crippen molar-refractivity contribution in [3.63, 3.8) is 0 Å². The monoisotopic (exact) mass is 490 g/mol. The first kappa shape index (κ1) is 21.9. The molecule has 150 valence electrons. The molecule has 1 atom stereocenters. The lowest BCUT2D eigenvalue weighted by Crippen LogP contribution is -2.55. The van der Waals surface area contributed by atoms with Gasteiger partial charge in [0.2, 0.25) is 0 Å². The van der Waals surface area contributed by atoms with Crippen molar-refractivity contribution in [1.82, 2.24) is 15.1 Å². The predicted molar refractivity (Wildman–Crippen MR) is 114 cm³/mol. The van der Waals surface area contributed by atoms with Gasteiger partial charge in [0.25, 0.3) is 5.91 Å². The quantitative estimate of drug-likeness (QED) is 0.401. The van der Waals surface area contributed by atoms with Crippen LogP contribution in [0.5, 0.6) is 0 Å². The van der Waals surface area contributed by atoms with Gasteiger partial charge in [-0.15, -0.1) is 24.0 Å². The third-order valence-corrected chi connectivity index (χ3v) is 4.99. The van der Waals surface area contributed by atoms with Gasteiger partial charge in [0.15, 0.2) is 5.96 Å². The number of nitrogens with one attached hydrogen (secondary N) is 1. The number of rotatable bonds is 3. The minimum absolute atomic E-state index is 0. The Hall–Kier alpha value is -1.42. The number of piperazine rings is 1. The highest BCUT2D eigenvalue weighted by molar-refractivity contribution is 14.0. The molecule has 0 aliphatic carbocycles. The Balaban J connectivity index is 0.00000261. The molecule has 8 heteroatoms. The van der Waals surface area contributed by atoms with Crippen LogP contribution in [0.15, 0.2) is 23.2 Å². The molecule has 2 fully saturated rings. The molecule has 1 aromatic carbocycles. The van der Waals surface area contributed by atoms with Crippen molar-refractivity contribution >= 4 is 35.8 Å². The van der Waals surface area contributed by atoms with E-state index in [1.165, 1.54) is 0 Å². The van der Waals surface area contributed by atoms with E-state index in [-0.39, 0.29) is 41.8 Å². The zero-order chi connectivity index (χ0) is 18.5. The summed E-state index contributed by atoms with van der Waals surface area (Å²) >= 11 is 0. The molecular formula is C19H28FIN4O2. The molecule has 0 bridgehead atoms. The Labute approximate surface area is 177 Å². The summed E-state index contributed by atoms with van der Waals surface area (Å²) in [6, 6.07) is 5.25. The van der Waals surface area contributed by atoms with Crippen molar-refractivity contribution in [2.45, 2.75) is 32.4 Å². The largest absolute Gasteiger partial charge is 0.368 e. The molecule has 2 aliphatic heterocycles. The maximum absolute atomic E-state index is 13.7. The van der Waals surface area contributed by atoms with Gasteiger partial charge < -0.3 is 19.9 Å².